The summed E-state index contributed by atoms with van der Waals surface area (Å²) in [6.45, 7) is 3.21. The lowest BCUT2D eigenvalue weighted by atomic mass is 9.79. The van der Waals surface area contributed by atoms with Crippen molar-refractivity contribution >= 4 is 5.97 Å². The highest BCUT2D eigenvalue weighted by Gasteiger charge is 2.31. The van der Waals surface area contributed by atoms with Crippen molar-refractivity contribution in [2.24, 2.45) is 5.92 Å². The van der Waals surface area contributed by atoms with E-state index in [-0.39, 0.29) is 0 Å². The van der Waals surface area contributed by atoms with Crippen LogP contribution in [0.5, 0.6) is 0 Å². The van der Waals surface area contributed by atoms with Crippen molar-refractivity contribution in [3.05, 3.63) is 35.4 Å². The van der Waals surface area contributed by atoms with Crippen LogP contribution in [0.3, 0.4) is 0 Å². The average molecular weight is 277 g/mol. The van der Waals surface area contributed by atoms with Gasteiger partial charge in [0.2, 0.25) is 0 Å². The third kappa shape index (κ3) is 3.81. The van der Waals surface area contributed by atoms with E-state index in [1.54, 1.807) is 12.1 Å². The molecule has 1 aromatic carbocycles. The molecule has 20 heavy (non-hydrogen) atoms. The van der Waals surface area contributed by atoms with Crippen molar-refractivity contribution in [1.82, 2.24) is 5.32 Å². The Morgan fingerprint density at radius 2 is 2.00 bits per heavy atom. The molecular formula is C16H23NO3. The van der Waals surface area contributed by atoms with Gasteiger partial charge in [-0.2, -0.15) is 0 Å². The molecule has 0 saturated heterocycles. The number of benzene rings is 1. The Morgan fingerprint density at radius 1 is 1.35 bits per heavy atom. The maximum absolute atomic E-state index is 11.1. The van der Waals surface area contributed by atoms with E-state index >= 15 is 0 Å². The molecule has 0 unspecified atom stereocenters. The molecule has 1 saturated carbocycles. The summed E-state index contributed by atoms with van der Waals surface area (Å²) in [5, 5.41) is 22.8. The van der Waals surface area contributed by atoms with Gasteiger partial charge in [-0.25, -0.2) is 4.79 Å². The third-order valence-electron chi connectivity index (χ3n) is 4.22. The SMILES string of the molecule is CC1CCC(O)(CNCc2ccccc2C(=O)O)CC1. The summed E-state index contributed by atoms with van der Waals surface area (Å²) in [6, 6.07) is 6.98. The molecule has 4 heteroatoms. The molecular weight excluding hydrogens is 254 g/mol. The summed E-state index contributed by atoms with van der Waals surface area (Å²) in [5.41, 5.74) is 0.446. The first-order valence-electron chi connectivity index (χ1n) is 7.24. The number of aliphatic hydroxyl groups is 1. The highest BCUT2D eigenvalue weighted by molar-refractivity contribution is 5.89. The fourth-order valence-corrected chi connectivity index (χ4v) is 2.79. The minimum Gasteiger partial charge on any atom is -0.478 e. The van der Waals surface area contributed by atoms with Gasteiger partial charge in [0.25, 0.3) is 0 Å². The van der Waals surface area contributed by atoms with Crippen LogP contribution in [0, 0.1) is 5.92 Å². The molecule has 0 aromatic heterocycles. The summed E-state index contributed by atoms with van der Waals surface area (Å²) >= 11 is 0. The van der Waals surface area contributed by atoms with Crippen LogP contribution in [-0.4, -0.2) is 28.3 Å². The molecule has 1 aliphatic carbocycles. The van der Waals surface area contributed by atoms with Gasteiger partial charge in [0.05, 0.1) is 11.2 Å². The second kappa shape index (κ2) is 6.37. The summed E-state index contributed by atoms with van der Waals surface area (Å²) in [5.74, 6) is -0.212. The molecule has 0 heterocycles. The van der Waals surface area contributed by atoms with E-state index in [4.69, 9.17) is 5.11 Å². The number of carboxylic acid groups (broad SMARTS) is 1. The van der Waals surface area contributed by atoms with Gasteiger partial charge in [0.1, 0.15) is 0 Å². The fraction of sp³-hybridized carbons (Fsp3) is 0.562. The first-order chi connectivity index (χ1) is 9.50. The second-order valence-corrected chi connectivity index (χ2v) is 5.97. The molecule has 0 spiro atoms. The first kappa shape index (κ1) is 15.0. The highest BCUT2D eigenvalue weighted by Crippen LogP contribution is 2.31. The zero-order valence-corrected chi connectivity index (χ0v) is 11.9. The Morgan fingerprint density at radius 3 is 2.65 bits per heavy atom. The van der Waals surface area contributed by atoms with E-state index in [9.17, 15) is 9.90 Å². The third-order valence-corrected chi connectivity index (χ3v) is 4.22. The molecule has 0 bridgehead atoms. The lowest BCUT2D eigenvalue weighted by molar-refractivity contribution is -0.00630. The van der Waals surface area contributed by atoms with E-state index in [2.05, 4.69) is 12.2 Å². The van der Waals surface area contributed by atoms with Gasteiger partial charge >= 0.3 is 5.97 Å². The molecule has 0 atom stereocenters. The quantitative estimate of drug-likeness (QED) is 0.773. The Bertz CT molecular complexity index is 465. The molecule has 3 N–H and O–H groups in total. The monoisotopic (exact) mass is 277 g/mol. The Hall–Kier alpha value is -1.39. The standard InChI is InChI=1S/C16H23NO3/c1-12-6-8-16(20,9-7-12)11-17-10-13-4-2-3-5-14(13)15(18)19/h2-5,12,17,20H,6-11H2,1H3,(H,18,19). The van der Waals surface area contributed by atoms with Gasteiger partial charge in [-0.15, -0.1) is 0 Å². The van der Waals surface area contributed by atoms with Gasteiger partial charge in [-0.3, -0.25) is 0 Å². The van der Waals surface area contributed by atoms with Crippen LogP contribution in [-0.2, 0) is 6.54 Å². The molecule has 1 aromatic rings. The number of carbonyl (C=O) groups is 1. The van der Waals surface area contributed by atoms with Crippen molar-refractivity contribution in [3.8, 4) is 0 Å². The first-order valence-corrected chi connectivity index (χ1v) is 7.24. The smallest absolute Gasteiger partial charge is 0.336 e. The predicted octanol–water partition coefficient (Wildman–Crippen LogP) is 2.42. The molecule has 4 nitrogen and oxygen atoms in total. The largest absolute Gasteiger partial charge is 0.478 e. The molecule has 1 fully saturated rings. The Labute approximate surface area is 119 Å². The van der Waals surface area contributed by atoms with Gasteiger partial charge in [0, 0.05) is 13.1 Å². The van der Waals surface area contributed by atoms with Crippen LogP contribution in [0.25, 0.3) is 0 Å². The van der Waals surface area contributed by atoms with Gasteiger partial charge in [-0.1, -0.05) is 25.1 Å². The maximum Gasteiger partial charge on any atom is 0.336 e. The molecule has 110 valence electrons. The molecule has 2 rings (SSSR count). The molecule has 0 amide bonds. The summed E-state index contributed by atoms with van der Waals surface area (Å²) in [4.78, 5) is 11.1. The maximum atomic E-state index is 11.1. The highest BCUT2D eigenvalue weighted by atomic mass is 16.4. The second-order valence-electron chi connectivity index (χ2n) is 5.97. The van der Waals surface area contributed by atoms with E-state index in [0.29, 0.717) is 24.6 Å². The minimum absolute atomic E-state index is 0.323. The van der Waals surface area contributed by atoms with E-state index in [1.807, 2.05) is 12.1 Å². The summed E-state index contributed by atoms with van der Waals surface area (Å²) < 4.78 is 0. The van der Waals surface area contributed by atoms with Crippen LogP contribution < -0.4 is 5.32 Å². The van der Waals surface area contributed by atoms with Crippen LogP contribution >= 0.6 is 0 Å². The Kier molecular flexibility index (Phi) is 4.78. The Balaban J connectivity index is 1.88. The van der Waals surface area contributed by atoms with Gasteiger partial charge < -0.3 is 15.5 Å². The number of hydrogen-bond acceptors (Lipinski definition) is 3. The predicted molar refractivity (Wildman–Crippen MR) is 77.7 cm³/mol. The zero-order valence-electron chi connectivity index (χ0n) is 11.9. The number of rotatable bonds is 5. The number of aromatic carboxylic acids is 1. The summed E-state index contributed by atoms with van der Waals surface area (Å²) in [6.07, 6.45) is 3.76. The van der Waals surface area contributed by atoms with Crippen molar-refractivity contribution in [2.75, 3.05) is 6.54 Å². The topological polar surface area (TPSA) is 69.6 Å². The van der Waals surface area contributed by atoms with E-state index in [0.717, 1.165) is 31.2 Å². The van der Waals surface area contributed by atoms with Crippen LogP contribution in [0.4, 0.5) is 0 Å². The number of carboxylic acids is 1. The van der Waals surface area contributed by atoms with Crippen molar-refractivity contribution < 1.29 is 15.0 Å². The van der Waals surface area contributed by atoms with Crippen LogP contribution in [0.2, 0.25) is 0 Å². The van der Waals surface area contributed by atoms with E-state index in [1.165, 1.54) is 0 Å². The average Bonchev–Trinajstić information content (AvgIpc) is 2.43. The lowest BCUT2D eigenvalue weighted by Gasteiger charge is -2.35. The normalized spacial score (nSPS) is 26.4. The van der Waals surface area contributed by atoms with Crippen molar-refractivity contribution in [2.45, 2.75) is 44.8 Å². The van der Waals surface area contributed by atoms with Crippen molar-refractivity contribution in [3.63, 3.8) is 0 Å². The minimum atomic E-state index is -0.910. The zero-order chi connectivity index (χ0) is 14.6. The number of nitrogens with one attached hydrogen (secondary N) is 1. The summed E-state index contributed by atoms with van der Waals surface area (Å²) in [7, 11) is 0. The fourth-order valence-electron chi connectivity index (χ4n) is 2.79. The van der Waals surface area contributed by atoms with Gasteiger partial charge in [0.15, 0.2) is 0 Å². The van der Waals surface area contributed by atoms with Crippen LogP contribution in [0.1, 0.15) is 48.5 Å². The van der Waals surface area contributed by atoms with Crippen molar-refractivity contribution in [1.29, 1.82) is 0 Å². The molecule has 0 radical (unpaired) electrons. The van der Waals surface area contributed by atoms with Crippen LogP contribution in [0.15, 0.2) is 24.3 Å². The lowest BCUT2D eigenvalue weighted by Crippen LogP contribution is -2.43. The molecule has 0 aliphatic heterocycles. The van der Waals surface area contributed by atoms with E-state index < -0.39 is 11.6 Å². The molecule has 1 aliphatic rings. The van der Waals surface area contributed by atoms with Gasteiger partial charge in [-0.05, 0) is 43.2 Å². The number of hydrogen-bond donors (Lipinski definition) is 3.